The zero-order chi connectivity index (χ0) is 28.5. The largest absolute Gasteiger partial charge is 0.488 e. The number of carbonyl (C=O) groups is 1. The third-order valence-electron chi connectivity index (χ3n) is 8.51. The third kappa shape index (κ3) is 6.11. The number of hydrogen-bond donors (Lipinski definition) is 4. The molecule has 0 radical (unpaired) electrons. The topological polar surface area (TPSA) is 114 Å². The number of nitrogens with zero attached hydrogens (tertiary/aromatic N) is 2. The minimum atomic E-state index is -0.679. The molecule has 0 bridgehead atoms. The maximum absolute atomic E-state index is 13.7. The van der Waals surface area contributed by atoms with Crippen LogP contribution in [-0.2, 0) is 6.61 Å². The standard InChI is InChI=1S/C31H37FN4O5/c1-19(36-12-9-27(37)28(38)16-36)15-35-10-7-22(8-11-35)33-31(39)26-14-24-25(34-26)3-2-4-29(24)40-17-20-18-41-30-6-5-21(32)13-23(20)30/h2-6,13-14,18-19,22,27-28,34,37-38H,7-12,15-17H2,1H3,(H,33,39). The molecule has 6 rings (SSSR count). The lowest BCUT2D eigenvalue weighted by Crippen LogP contribution is -2.54. The lowest BCUT2D eigenvalue weighted by atomic mass is 10.0. The summed E-state index contributed by atoms with van der Waals surface area (Å²) < 4.78 is 25.3. The third-order valence-corrected chi connectivity index (χ3v) is 8.51. The number of ether oxygens (including phenoxy) is 1. The molecule has 4 aromatic rings. The molecular weight excluding hydrogens is 527 g/mol. The molecule has 41 heavy (non-hydrogen) atoms. The summed E-state index contributed by atoms with van der Waals surface area (Å²) in [5.74, 6) is 0.154. The normalized spacial score (nSPS) is 21.9. The van der Waals surface area contributed by atoms with Crippen LogP contribution in [0.5, 0.6) is 5.75 Å². The predicted octanol–water partition coefficient (Wildman–Crippen LogP) is 3.64. The Labute approximate surface area is 237 Å². The molecule has 2 fully saturated rings. The second-order valence-corrected chi connectivity index (χ2v) is 11.4. The van der Waals surface area contributed by atoms with E-state index in [0.717, 1.165) is 55.5 Å². The van der Waals surface area contributed by atoms with Gasteiger partial charge < -0.3 is 34.6 Å². The Morgan fingerprint density at radius 3 is 2.76 bits per heavy atom. The number of β-amino-alcohol motifs (C(OH)–C–C–N with tert-alkyl or cyclic N) is 1. The summed E-state index contributed by atoms with van der Waals surface area (Å²) in [5.41, 5.74) is 2.63. The number of carbonyl (C=O) groups excluding carboxylic acids is 1. The van der Waals surface area contributed by atoms with Crippen LogP contribution in [0, 0.1) is 5.82 Å². The van der Waals surface area contributed by atoms with Crippen molar-refractivity contribution in [3.8, 4) is 5.75 Å². The van der Waals surface area contributed by atoms with Gasteiger partial charge >= 0.3 is 0 Å². The molecule has 218 valence electrons. The highest BCUT2D eigenvalue weighted by Gasteiger charge is 2.30. The van der Waals surface area contributed by atoms with Crippen molar-refractivity contribution < 1.29 is 28.6 Å². The summed E-state index contributed by atoms with van der Waals surface area (Å²) in [5, 5.41) is 24.5. The summed E-state index contributed by atoms with van der Waals surface area (Å²) in [6.45, 7) is 6.37. The molecule has 3 atom stereocenters. The molecule has 2 saturated heterocycles. The van der Waals surface area contributed by atoms with Crippen molar-refractivity contribution in [3.63, 3.8) is 0 Å². The molecule has 3 unspecified atom stereocenters. The number of H-pyrrole nitrogens is 1. The molecule has 2 aliphatic rings. The van der Waals surface area contributed by atoms with Crippen LogP contribution >= 0.6 is 0 Å². The van der Waals surface area contributed by atoms with Crippen LogP contribution in [0.2, 0.25) is 0 Å². The average Bonchev–Trinajstić information content (AvgIpc) is 3.59. The number of hydrogen-bond acceptors (Lipinski definition) is 7. The SMILES string of the molecule is CC(CN1CCC(NC(=O)c2cc3c(OCc4coc5ccc(F)cc45)cccc3[nH]2)CC1)N1CCC(O)C(O)C1. The number of aliphatic hydroxyl groups is 2. The molecule has 0 spiro atoms. The Morgan fingerprint density at radius 1 is 1.12 bits per heavy atom. The van der Waals surface area contributed by atoms with Gasteiger partial charge in [0.15, 0.2) is 0 Å². The maximum Gasteiger partial charge on any atom is 0.267 e. The summed E-state index contributed by atoms with van der Waals surface area (Å²) >= 11 is 0. The number of amides is 1. The van der Waals surface area contributed by atoms with Gasteiger partial charge in [0.05, 0.1) is 18.5 Å². The number of furan rings is 1. The van der Waals surface area contributed by atoms with Crippen molar-refractivity contribution in [2.45, 2.75) is 57.1 Å². The van der Waals surface area contributed by atoms with E-state index in [1.165, 1.54) is 12.1 Å². The van der Waals surface area contributed by atoms with Crippen LogP contribution in [0.4, 0.5) is 4.39 Å². The molecule has 4 N–H and O–H groups in total. The van der Waals surface area contributed by atoms with Crippen molar-refractivity contribution in [1.82, 2.24) is 20.1 Å². The number of halogens is 1. The number of benzene rings is 2. The van der Waals surface area contributed by atoms with E-state index in [-0.39, 0.29) is 24.4 Å². The molecule has 1 amide bonds. The fraction of sp³-hybridized carbons (Fsp3) is 0.452. The van der Waals surface area contributed by atoms with E-state index < -0.39 is 12.2 Å². The number of aromatic nitrogens is 1. The molecule has 2 aliphatic heterocycles. The minimum Gasteiger partial charge on any atom is -0.488 e. The minimum absolute atomic E-state index is 0.0953. The van der Waals surface area contributed by atoms with Crippen LogP contribution < -0.4 is 10.1 Å². The van der Waals surface area contributed by atoms with Gasteiger partial charge in [-0.3, -0.25) is 9.69 Å². The molecule has 4 heterocycles. The highest BCUT2D eigenvalue weighted by Crippen LogP contribution is 2.29. The van der Waals surface area contributed by atoms with Crippen LogP contribution in [-0.4, -0.2) is 87.9 Å². The van der Waals surface area contributed by atoms with E-state index in [9.17, 15) is 19.4 Å². The highest BCUT2D eigenvalue weighted by atomic mass is 19.1. The van der Waals surface area contributed by atoms with E-state index in [1.54, 1.807) is 12.3 Å². The van der Waals surface area contributed by atoms with Crippen molar-refractivity contribution in [2.75, 3.05) is 32.7 Å². The number of piperidine rings is 2. The first kappa shape index (κ1) is 27.7. The smallest absolute Gasteiger partial charge is 0.267 e. The Hall–Kier alpha value is -3.44. The van der Waals surface area contributed by atoms with Crippen LogP contribution in [0.1, 0.15) is 42.2 Å². The first-order valence-electron chi connectivity index (χ1n) is 14.4. The van der Waals surface area contributed by atoms with E-state index in [1.807, 2.05) is 24.3 Å². The molecule has 0 saturated carbocycles. The Kier molecular flexibility index (Phi) is 7.99. The Bertz CT molecular complexity index is 1510. The molecule has 2 aromatic heterocycles. The first-order valence-corrected chi connectivity index (χ1v) is 14.4. The fourth-order valence-corrected chi connectivity index (χ4v) is 6.05. The number of fused-ring (bicyclic) bond motifs is 2. The van der Waals surface area contributed by atoms with Gasteiger partial charge in [-0.25, -0.2) is 4.39 Å². The average molecular weight is 565 g/mol. The highest BCUT2D eigenvalue weighted by molar-refractivity contribution is 5.99. The van der Waals surface area contributed by atoms with E-state index in [4.69, 9.17) is 9.15 Å². The van der Waals surface area contributed by atoms with Crippen LogP contribution in [0.15, 0.2) is 53.1 Å². The van der Waals surface area contributed by atoms with E-state index in [2.05, 4.69) is 27.0 Å². The van der Waals surface area contributed by atoms with E-state index >= 15 is 0 Å². The monoisotopic (exact) mass is 564 g/mol. The second kappa shape index (κ2) is 11.8. The van der Waals surface area contributed by atoms with Crippen molar-refractivity contribution >= 4 is 27.8 Å². The molecule has 9 nitrogen and oxygen atoms in total. The van der Waals surface area contributed by atoms with Crippen molar-refractivity contribution in [3.05, 3.63) is 65.8 Å². The number of aromatic amines is 1. The van der Waals surface area contributed by atoms with Gasteiger partial charge in [-0.05, 0) is 62.6 Å². The number of rotatable bonds is 8. The first-order chi connectivity index (χ1) is 19.8. The summed E-state index contributed by atoms with van der Waals surface area (Å²) in [7, 11) is 0. The van der Waals surface area contributed by atoms with Gasteiger partial charge in [-0.15, -0.1) is 0 Å². The van der Waals surface area contributed by atoms with Gasteiger partial charge in [0.2, 0.25) is 0 Å². The Morgan fingerprint density at radius 2 is 1.95 bits per heavy atom. The number of aliphatic hydroxyl groups excluding tert-OH is 2. The summed E-state index contributed by atoms with van der Waals surface area (Å²) in [6.07, 6.45) is 2.62. The van der Waals surface area contributed by atoms with E-state index in [0.29, 0.717) is 41.4 Å². The predicted molar refractivity (Wildman–Crippen MR) is 153 cm³/mol. The second-order valence-electron chi connectivity index (χ2n) is 11.4. The van der Waals surface area contributed by atoms with Crippen LogP contribution in [0.25, 0.3) is 21.9 Å². The zero-order valence-corrected chi connectivity index (χ0v) is 23.2. The fourth-order valence-electron chi connectivity index (χ4n) is 6.05. The zero-order valence-electron chi connectivity index (χ0n) is 23.2. The van der Waals surface area contributed by atoms with Gasteiger partial charge in [0, 0.05) is 66.7 Å². The van der Waals surface area contributed by atoms with Gasteiger partial charge in [0.25, 0.3) is 5.91 Å². The molecule has 2 aromatic carbocycles. The lowest BCUT2D eigenvalue weighted by molar-refractivity contribution is -0.0509. The Balaban J connectivity index is 1.03. The molecular formula is C31H37FN4O5. The van der Waals surface area contributed by atoms with Crippen molar-refractivity contribution in [1.29, 1.82) is 0 Å². The maximum atomic E-state index is 13.7. The quantitative estimate of drug-likeness (QED) is 0.258. The molecule has 10 heteroatoms. The van der Waals surface area contributed by atoms with Crippen LogP contribution in [0.3, 0.4) is 0 Å². The molecule has 0 aliphatic carbocycles. The van der Waals surface area contributed by atoms with Gasteiger partial charge in [0.1, 0.15) is 29.5 Å². The lowest BCUT2D eigenvalue weighted by Gasteiger charge is -2.40. The van der Waals surface area contributed by atoms with Crippen molar-refractivity contribution in [2.24, 2.45) is 0 Å². The summed E-state index contributed by atoms with van der Waals surface area (Å²) in [4.78, 5) is 21.0. The summed E-state index contributed by atoms with van der Waals surface area (Å²) in [6, 6.07) is 12.2. The number of nitrogens with one attached hydrogen (secondary N) is 2. The number of likely N-dealkylation sites (tertiary alicyclic amines) is 2. The van der Waals surface area contributed by atoms with Gasteiger partial charge in [-0.1, -0.05) is 6.07 Å². The van der Waals surface area contributed by atoms with Gasteiger partial charge in [-0.2, -0.15) is 0 Å².